The summed E-state index contributed by atoms with van der Waals surface area (Å²) in [5.74, 6) is 4.21. The molecule has 0 radical (unpaired) electrons. The zero-order valence-corrected chi connectivity index (χ0v) is 20.4. The highest BCUT2D eigenvalue weighted by molar-refractivity contribution is 7.15. The van der Waals surface area contributed by atoms with Crippen molar-refractivity contribution in [1.29, 1.82) is 0 Å². The summed E-state index contributed by atoms with van der Waals surface area (Å²) in [6.07, 6.45) is 1.13. The Morgan fingerprint density at radius 3 is 2.51 bits per heavy atom. The summed E-state index contributed by atoms with van der Waals surface area (Å²) in [5.41, 5.74) is -0.629. The number of thiophene rings is 1. The number of carbonyl (C=O) groups excluding carboxylic acids is 4. The third-order valence-corrected chi connectivity index (χ3v) is 7.80. The van der Waals surface area contributed by atoms with Gasteiger partial charge in [-0.15, -0.1) is 17.3 Å². The lowest BCUT2D eigenvalue weighted by Gasteiger charge is -2.41. The quantitative estimate of drug-likeness (QED) is 0.378. The number of ketones is 1. The van der Waals surface area contributed by atoms with Crippen molar-refractivity contribution in [2.24, 2.45) is 5.92 Å². The fourth-order valence-corrected chi connectivity index (χ4v) is 5.70. The van der Waals surface area contributed by atoms with Crippen LogP contribution in [0.3, 0.4) is 0 Å². The molecule has 0 spiro atoms. The summed E-state index contributed by atoms with van der Waals surface area (Å²) in [6, 6.07) is 8.83. The van der Waals surface area contributed by atoms with Crippen LogP contribution in [0.15, 0.2) is 36.4 Å². The summed E-state index contributed by atoms with van der Waals surface area (Å²) >= 11 is 1.17. The largest absolute Gasteiger partial charge is 0.338 e. The van der Waals surface area contributed by atoms with Crippen molar-refractivity contribution >= 4 is 35.0 Å². The fourth-order valence-electron chi connectivity index (χ4n) is 4.83. The molecule has 2 fully saturated rings. The van der Waals surface area contributed by atoms with Gasteiger partial charge >= 0.3 is 6.03 Å². The van der Waals surface area contributed by atoms with Gasteiger partial charge in [0.05, 0.1) is 16.3 Å². The van der Waals surface area contributed by atoms with E-state index >= 15 is 0 Å². The van der Waals surface area contributed by atoms with Crippen LogP contribution >= 0.6 is 11.3 Å². The molecular formula is C26H26FN3O4S. The summed E-state index contributed by atoms with van der Waals surface area (Å²) < 4.78 is 13.9. The number of imide groups is 1. The predicted molar refractivity (Wildman–Crippen MR) is 129 cm³/mol. The van der Waals surface area contributed by atoms with Gasteiger partial charge in [0.25, 0.3) is 11.8 Å². The molecule has 4 amide bonds. The van der Waals surface area contributed by atoms with Crippen LogP contribution in [0.2, 0.25) is 0 Å². The number of benzene rings is 1. The van der Waals surface area contributed by atoms with Crippen molar-refractivity contribution in [2.45, 2.75) is 38.6 Å². The number of rotatable bonds is 6. The molecule has 0 bridgehead atoms. The summed E-state index contributed by atoms with van der Waals surface area (Å²) in [4.78, 5) is 54.8. The minimum atomic E-state index is -1.24. The van der Waals surface area contributed by atoms with Crippen LogP contribution in [0.4, 0.5) is 9.18 Å². The molecule has 3 heterocycles. The average molecular weight is 496 g/mol. The molecule has 1 atom stereocenters. The summed E-state index contributed by atoms with van der Waals surface area (Å²) in [6.45, 7) is 3.89. The van der Waals surface area contributed by atoms with Crippen LogP contribution in [0.1, 0.15) is 51.6 Å². The van der Waals surface area contributed by atoms with Crippen molar-refractivity contribution < 1.29 is 23.6 Å². The standard InChI is InChI=1S/C26H26FN3O4S/c1-3-4-12-30-24(33)26(28-25(30)34,16-18-6-5-7-20(27)15-18)19-10-13-29(14-11-19)23(32)22-9-8-21(35-22)17(2)31/h5-9,15,19H,10-14,16H2,1-2H3,(H,28,34). The number of hydrogen-bond acceptors (Lipinski definition) is 5. The Bertz CT molecular complexity index is 1240. The Labute approximate surface area is 207 Å². The third-order valence-electron chi connectivity index (χ3n) is 6.63. The van der Waals surface area contributed by atoms with Crippen molar-refractivity contribution in [3.05, 3.63) is 57.5 Å². The summed E-state index contributed by atoms with van der Waals surface area (Å²) in [7, 11) is 0. The maximum Gasteiger partial charge on any atom is 0.325 e. The number of piperidine rings is 1. The first-order valence-electron chi connectivity index (χ1n) is 11.4. The van der Waals surface area contributed by atoms with E-state index in [0.717, 1.165) is 4.90 Å². The van der Waals surface area contributed by atoms with E-state index in [9.17, 15) is 23.6 Å². The van der Waals surface area contributed by atoms with Gasteiger partial charge in [-0.1, -0.05) is 18.1 Å². The lowest BCUT2D eigenvalue weighted by atomic mass is 9.74. The molecule has 9 heteroatoms. The molecule has 2 aliphatic rings. The van der Waals surface area contributed by atoms with Gasteiger partial charge in [0.2, 0.25) is 0 Å². The van der Waals surface area contributed by atoms with E-state index < -0.39 is 17.4 Å². The number of nitrogens with zero attached hydrogens (tertiary/aromatic N) is 2. The fraction of sp³-hybridized carbons (Fsp3) is 0.385. The smallest absolute Gasteiger partial charge is 0.325 e. The van der Waals surface area contributed by atoms with Crippen LogP contribution in [-0.2, 0) is 11.2 Å². The van der Waals surface area contributed by atoms with Gasteiger partial charge in [-0.3, -0.25) is 19.3 Å². The van der Waals surface area contributed by atoms with Gasteiger partial charge in [-0.2, -0.15) is 0 Å². The number of carbonyl (C=O) groups is 4. The number of hydrogen-bond donors (Lipinski definition) is 1. The van der Waals surface area contributed by atoms with Crippen LogP contribution in [-0.4, -0.2) is 58.6 Å². The molecule has 7 nitrogen and oxygen atoms in total. The monoisotopic (exact) mass is 495 g/mol. The van der Waals surface area contributed by atoms with E-state index in [1.807, 2.05) is 0 Å². The first kappa shape index (κ1) is 24.6. The molecule has 2 saturated heterocycles. The highest BCUT2D eigenvalue weighted by Crippen LogP contribution is 2.37. The van der Waals surface area contributed by atoms with Gasteiger partial charge in [-0.05, 0) is 62.4 Å². The van der Waals surface area contributed by atoms with Crippen LogP contribution < -0.4 is 5.32 Å². The molecule has 4 rings (SSSR count). The normalized spacial score (nSPS) is 20.4. The molecule has 182 valence electrons. The molecule has 0 saturated carbocycles. The minimum Gasteiger partial charge on any atom is -0.338 e. The van der Waals surface area contributed by atoms with Gasteiger partial charge in [0, 0.05) is 19.5 Å². The molecule has 1 aromatic heterocycles. The van der Waals surface area contributed by atoms with E-state index in [2.05, 4.69) is 17.2 Å². The van der Waals surface area contributed by atoms with E-state index in [-0.39, 0.29) is 36.5 Å². The number of amides is 4. The molecule has 1 unspecified atom stereocenters. The topological polar surface area (TPSA) is 86.8 Å². The number of urea groups is 1. The molecule has 35 heavy (non-hydrogen) atoms. The van der Waals surface area contributed by atoms with Crippen molar-refractivity contribution in [3.8, 4) is 11.8 Å². The lowest BCUT2D eigenvalue weighted by Crippen LogP contribution is -2.58. The van der Waals surface area contributed by atoms with Gasteiger partial charge in [-0.25, -0.2) is 9.18 Å². The summed E-state index contributed by atoms with van der Waals surface area (Å²) in [5, 5.41) is 2.91. The Kier molecular flexibility index (Phi) is 7.03. The third kappa shape index (κ3) is 4.84. The number of halogens is 1. The van der Waals surface area contributed by atoms with Crippen LogP contribution in [0, 0.1) is 23.6 Å². The Hall–Kier alpha value is -3.51. The van der Waals surface area contributed by atoms with Gasteiger partial charge in [0.1, 0.15) is 11.4 Å². The van der Waals surface area contributed by atoms with Gasteiger partial charge in [0.15, 0.2) is 5.78 Å². The number of Topliss-reactive ketones (excluding diaryl/α,β-unsaturated/α-hetero) is 1. The first-order valence-corrected chi connectivity index (χ1v) is 12.2. The second kappa shape index (κ2) is 10.0. The SMILES string of the molecule is CC#CCN1C(=O)NC(Cc2cccc(F)c2)(C2CCN(C(=O)c3ccc(C(C)=O)s3)CC2)C1=O. The minimum absolute atomic E-state index is 0.0136. The zero-order valence-electron chi connectivity index (χ0n) is 19.6. The molecule has 1 aromatic carbocycles. The molecule has 2 aromatic rings. The van der Waals surface area contributed by atoms with Crippen molar-refractivity contribution in [2.75, 3.05) is 19.6 Å². The van der Waals surface area contributed by atoms with Crippen molar-refractivity contribution in [3.63, 3.8) is 0 Å². The lowest BCUT2D eigenvalue weighted by molar-refractivity contribution is -0.133. The first-order chi connectivity index (χ1) is 16.7. The Balaban J connectivity index is 1.56. The maximum absolute atomic E-state index is 13.9. The van der Waals surface area contributed by atoms with Gasteiger partial charge < -0.3 is 10.2 Å². The second-order valence-corrected chi connectivity index (χ2v) is 9.90. The van der Waals surface area contributed by atoms with Crippen molar-refractivity contribution in [1.82, 2.24) is 15.1 Å². The van der Waals surface area contributed by atoms with E-state index in [4.69, 9.17) is 0 Å². The Morgan fingerprint density at radius 2 is 1.89 bits per heavy atom. The molecule has 2 aliphatic heterocycles. The highest BCUT2D eigenvalue weighted by atomic mass is 32.1. The highest BCUT2D eigenvalue weighted by Gasteiger charge is 2.56. The Morgan fingerprint density at radius 1 is 1.17 bits per heavy atom. The van der Waals surface area contributed by atoms with E-state index in [1.165, 1.54) is 30.4 Å². The van der Waals surface area contributed by atoms with Crippen LogP contribution in [0.25, 0.3) is 0 Å². The predicted octanol–water partition coefficient (Wildman–Crippen LogP) is 3.50. The number of nitrogens with one attached hydrogen (secondary N) is 1. The molecule has 0 aliphatic carbocycles. The molecular weight excluding hydrogens is 469 g/mol. The van der Waals surface area contributed by atoms with E-state index in [0.29, 0.717) is 41.2 Å². The number of likely N-dealkylation sites (tertiary alicyclic amines) is 1. The van der Waals surface area contributed by atoms with E-state index in [1.54, 1.807) is 36.1 Å². The zero-order chi connectivity index (χ0) is 25.2. The average Bonchev–Trinajstić information content (AvgIpc) is 3.42. The maximum atomic E-state index is 13.9. The van der Waals surface area contributed by atoms with Crippen LogP contribution in [0.5, 0.6) is 0 Å². The molecule has 1 N–H and O–H groups in total. The second-order valence-electron chi connectivity index (χ2n) is 8.81.